The van der Waals surface area contributed by atoms with E-state index < -0.39 is 0 Å². The van der Waals surface area contributed by atoms with E-state index >= 15 is 0 Å². The van der Waals surface area contributed by atoms with Gasteiger partial charge in [0.2, 0.25) is 0 Å². The van der Waals surface area contributed by atoms with Crippen LogP contribution < -0.4 is 0 Å². The Bertz CT molecular complexity index is 328. The van der Waals surface area contributed by atoms with E-state index in [-0.39, 0.29) is 5.82 Å². The lowest BCUT2D eigenvalue weighted by molar-refractivity contribution is 0.0455. The summed E-state index contributed by atoms with van der Waals surface area (Å²) < 4.78 is 18.5. The zero-order valence-electron chi connectivity index (χ0n) is 7.50. The predicted octanol–water partition coefficient (Wildman–Crippen LogP) is 3.22. The molecule has 0 spiro atoms. The highest BCUT2D eigenvalue weighted by Gasteiger charge is 2.18. The summed E-state index contributed by atoms with van der Waals surface area (Å²) in [6.07, 6.45) is 0. The largest absolute Gasteiger partial charge is 0.379 e. The molecule has 1 saturated heterocycles. The van der Waals surface area contributed by atoms with Crippen LogP contribution in [0.5, 0.6) is 0 Å². The van der Waals surface area contributed by atoms with E-state index in [1.807, 2.05) is 23.9 Å². The van der Waals surface area contributed by atoms with Crippen molar-refractivity contribution in [3.63, 3.8) is 0 Å². The van der Waals surface area contributed by atoms with Gasteiger partial charge in [-0.05, 0) is 33.6 Å². The summed E-state index contributed by atoms with van der Waals surface area (Å²) in [5, 5.41) is 0.624. The fraction of sp³-hybridized carbons (Fsp3) is 0.400. The average Bonchev–Trinajstić information content (AvgIpc) is 2.08. The molecule has 0 unspecified atom stereocenters. The van der Waals surface area contributed by atoms with Gasteiger partial charge in [-0.2, -0.15) is 0 Å². The average molecular weight is 277 g/mol. The third-order valence-electron chi connectivity index (χ3n) is 2.08. The van der Waals surface area contributed by atoms with Crippen LogP contribution in [0.4, 0.5) is 4.39 Å². The highest BCUT2D eigenvalue weighted by Crippen LogP contribution is 2.25. The topological polar surface area (TPSA) is 9.23 Å². The molecule has 0 N–H and O–H groups in total. The summed E-state index contributed by atoms with van der Waals surface area (Å²) in [5.74, 6) is 0.720. The molecule has 1 aromatic rings. The molecule has 0 aliphatic carbocycles. The van der Waals surface area contributed by atoms with Gasteiger partial charge in [0.1, 0.15) is 5.82 Å². The van der Waals surface area contributed by atoms with Crippen molar-refractivity contribution in [1.29, 1.82) is 0 Å². The fourth-order valence-electron chi connectivity index (χ4n) is 1.15. The monoisotopic (exact) mass is 276 g/mol. The lowest BCUT2D eigenvalue weighted by Crippen LogP contribution is -2.30. The van der Waals surface area contributed by atoms with E-state index in [0.717, 1.165) is 24.5 Å². The van der Waals surface area contributed by atoms with Crippen LogP contribution in [0.3, 0.4) is 0 Å². The Balaban J connectivity index is 1.91. The van der Waals surface area contributed by atoms with Gasteiger partial charge in [-0.15, -0.1) is 11.8 Å². The van der Waals surface area contributed by atoms with Gasteiger partial charge in [-0.1, -0.05) is 6.07 Å². The van der Waals surface area contributed by atoms with Crippen molar-refractivity contribution >= 4 is 27.7 Å². The smallest absolute Gasteiger partial charge is 0.137 e. The van der Waals surface area contributed by atoms with Crippen LogP contribution in [0.1, 0.15) is 5.56 Å². The first-order valence-corrected chi connectivity index (χ1v) is 6.23. The van der Waals surface area contributed by atoms with Crippen molar-refractivity contribution < 1.29 is 9.13 Å². The minimum absolute atomic E-state index is 0.203. The van der Waals surface area contributed by atoms with Gasteiger partial charge in [-0.25, -0.2) is 4.39 Å². The first kappa shape index (κ1) is 10.5. The Hall–Kier alpha value is -0.0600. The zero-order valence-corrected chi connectivity index (χ0v) is 9.91. The van der Waals surface area contributed by atoms with Crippen molar-refractivity contribution in [2.75, 3.05) is 13.2 Å². The van der Waals surface area contributed by atoms with E-state index in [9.17, 15) is 4.39 Å². The van der Waals surface area contributed by atoms with Crippen molar-refractivity contribution in [2.24, 2.45) is 0 Å². The highest BCUT2D eigenvalue weighted by atomic mass is 79.9. The van der Waals surface area contributed by atoms with Gasteiger partial charge < -0.3 is 4.74 Å². The van der Waals surface area contributed by atoms with Gasteiger partial charge in [0.05, 0.1) is 22.9 Å². The van der Waals surface area contributed by atoms with Gasteiger partial charge in [0.15, 0.2) is 0 Å². The molecule has 14 heavy (non-hydrogen) atoms. The molecule has 1 nitrogen and oxygen atoms in total. The van der Waals surface area contributed by atoms with Gasteiger partial charge in [0.25, 0.3) is 0 Å². The van der Waals surface area contributed by atoms with Crippen LogP contribution in [0, 0.1) is 5.82 Å². The molecule has 1 aromatic carbocycles. The SMILES string of the molecule is Fc1ccc(CSC2COC2)cc1Br. The molecule has 0 aromatic heterocycles. The summed E-state index contributed by atoms with van der Waals surface area (Å²) in [7, 11) is 0. The predicted molar refractivity (Wildman–Crippen MR) is 60.0 cm³/mol. The van der Waals surface area contributed by atoms with Crippen molar-refractivity contribution in [2.45, 2.75) is 11.0 Å². The van der Waals surface area contributed by atoms with E-state index in [0.29, 0.717) is 9.72 Å². The molecule has 0 bridgehead atoms. The van der Waals surface area contributed by atoms with E-state index in [2.05, 4.69) is 15.9 Å². The molecule has 0 saturated carbocycles. The normalized spacial score (nSPS) is 16.7. The summed E-state index contributed by atoms with van der Waals surface area (Å²) in [6, 6.07) is 5.16. The lowest BCUT2D eigenvalue weighted by atomic mass is 10.2. The van der Waals surface area contributed by atoms with Crippen LogP contribution in [0.25, 0.3) is 0 Å². The van der Waals surface area contributed by atoms with Crippen LogP contribution in [0.2, 0.25) is 0 Å². The Morgan fingerprint density at radius 2 is 2.29 bits per heavy atom. The molecule has 0 amide bonds. The molecule has 1 aliphatic heterocycles. The second-order valence-corrected chi connectivity index (χ2v) is 5.36. The Morgan fingerprint density at radius 3 is 2.86 bits per heavy atom. The van der Waals surface area contributed by atoms with Crippen LogP contribution >= 0.6 is 27.7 Å². The van der Waals surface area contributed by atoms with Crippen LogP contribution in [-0.2, 0) is 10.5 Å². The highest BCUT2D eigenvalue weighted by molar-refractivity contribution is 9.10. The molecule has 4 heteroatoms. The van der Waals surface area contributed by atoms with Gasteiger partial charge in [-0.3, -0.25) is 0 Å². The maximum atomic E-state index is 12.9. The second kappa shape index (κ2) is 4.64. The Labute approximate surface area is 95.2 Å². The number of halogens is 2. The minimum atomic E-state index is -0.203. The number of rotatable bonds is 3. The summed E-state index contributed by atoms with van der Waals surface area (Å²) in [6.45, 7) is 1.71. The lowest BCUT2D eigenvalue weighted by Gasteiger charge is -2.25. The summed E-state index contributed by atoms with van der Waals surface area (Å²) in [5.41, 5.74) is 1.15. The molecule has 2 rings (SSSR count). The van der Waals surface area contributed by atoms with Crippen LogP contribution in [-0.4, -0.2) is 18.5 Å². The third-order valence-corrected chi connectivity index (χ3v) is 3.93. The fourth-order valence-corrected chi connectivity index (χ4v) is 2.57. The molecular formula is C10H10BrFOS. The molecule has 1 fully saturated rings. The van der Waals surface area contributed by atoms with E-state index in [1.54, 1.807) is 0 Å². The Kier molecular flexibility index (Phi) is 3.47. The van der Waals surface area contributed by atoms with Crippen molar-refractivity contribution in [3.05, 3.63) is 34.1 Å². The van der Waals surface area contributed by atoms with Crippen molar-refractivity contribution in [3.8, 4) is 0 Å². The first-order chi connectivity index (χ1) is 6.75. The molecule has 1 aliphatic rings. The molecule has 0 radical (unpaired) electrons. The standard InChI is InChI=1S/C10H10BrFOS/c11-9-3-7(1-2-10(9)12)6-14-8-4-13-5-8/h1-3,8H,4-6H2. The first-order valence-electron chi connectivity index (χ1n) is 4.39. The minimum Gasteiger partial charge on any atom is -0.379 e. The number of ether oxygens (including phenoxy) is 1. The maximum Gasteiger partial charge on any atom is 0.137 e. The second-order valence-electron chi connectivity index (χ2n) is 3.22. The number of thioether (sulfide) groups is 1. The molecule has 0 atom stereocenters. The molecule has 1 heterocycles. The maximum absolute atomic E-state index is 12.9. The van der Waals surface area contributed by atoms with Crippen molar-refractivity contribution in [1.82, 2.24) is 0 Å². The Morgan fingerprint density at radius 1 is 1.50 bits per heavy atom. The molecular weight excluding hydrogens is 267 g/mol. The van der Waals surface area contributed by atoms with E-state index in [4.69, 9.17) is 4.74 Å². The molecule has 76 valence electrons. The van der Waals surface area contributed by atoms with Gasteiger partial charge in [0, 0.05) is 5.75 Å². The number of benzene rings is 1. The zero-order chi connectivity index (χ0) is 9.97. The summed E-state index contributed by atoms with van der Waals surface area (Å²) >= 11 is 5.04. The van der Waals surface area contributed by atoms with Gasteiger partial charge >= 0.3 is 0 Å². The summed E-state index contributed by atoms with van der Waals surface area (Å²) in [4.78, 5) is 0. The number of hydrogen-bond donors (Lipinski definition) is 0. The van der Waals surface area contributed by atoms with E-state index in [1.165, 1.54) is 6.07 Å². The number of hydrogen-bond acceptors (Lipinski definition) is 2. The van der Waals surface area contributed by atoms with Crippen LogP contribution in [0.15, 0.2) is 22.7 Å². The quantitative estimate of drug-likeness (QED) is 0.839. The third kappa shape index (κ3) is 2.49.